The average Bonchev–Trinajstić information content (AvgIpc) is 2.87. The van der Waals surface area contributed by atoms with Crippen molar-refractivity contribution in [3.63, 3.8) is 0 Å². The fourth-order valence-corrected chi connectivity index (χ4v) is 1.50. The van der Waals surface area contributed by atoms with Crippen LogP contribution in [0.1, 0.15) is 12.7 Å². The maximum absolute atomic E-state index is 10.7. The highest BCUT2D eigenvalue weighted by atomic mass is 16.7. The van der Waals surface area contributed by atoms with E-state index in [1.165, 1.54) is 25.3 Å². The normalized spacial score (nSPS) is 10.7. The van der Waals surface area contributed by atoms with Gasteiger partial charge in [-0.3, -0.25) is 10.1 Å². The summed E-state index contributed by atoms with van der Waals surface area (Å²) in [6.45, 7) is 1.23. The molecule has 1 heterocycles. The molecule has 20 heavy (non-hydrogen) atoms. The Morgan fingerprint density at radius 1 is 1.40 bits per heavy atom. The molecule has 0 aliphatic heterocycles. The lowest BCUT2D eigenvalue weighted by Crippen LogP contribution is -1.90. The molecule has 0 spiro atoms. The number of oxime groups is 1. The van der Waals surface area contributed by atoms with Gasteiger partial charge in [0.1, 0.15) is 17.7 Å². The minimum Gasteiger partial charge on any atom is -0.455 e. The van der Waals surface area contributed by atoms with Crippen LogP contribution < -0.4 is 0 Å². The van der Waals surface area contributed by atoms with Crippen molar-refractivity contribution in [2.24, 2.45) is 5.16 Å². The van der Waals surface area contributed by atoms with Crippen LogP contribution in [0.4, 0.5) is 5.69 Å². The van der Waals surface area contributed by atoms with Crippen molar-refractivity contribution in [2.45, 2.75) is 6.92 Å². The van der Waals surface area contributed by atoms with E-state index in [0.29, 0.717) is 17.1 Å². The molecule has 1 aromatic carbocycles. The van der Waals surface area contributed by atoms with Crippen LogP contribution >= 0.6 is 0 Å². The molecule has 2 aromatic rings. The molecule has 7 nitrogen and oxygen atoms in total. The largest absolute Gasteiger partial charge is 0.455 e. The first kappa shape index (κ1) is 13.5. The third kappa shape index (κ3) is 3.29. The average molecular weight is 274 g/mol. The highest BCUT2D eigenvalue weighted by molar-refractivity contribution is 5.78. The predicted molar refractivity (Wildman–Crippen MR) is 70.2 cm³/mol. The number of benzene rings is 1. The minimum atomic E-state index is -0.535. The molecule has 0 atom stereocenters. The van der Waals surface area contributed by atoms with Crippen molar-refractivity contribution in [3.8, 4) is 11.3 Å². The van der Waals surface area contributed by atoms with Gasteiger partial charge in [-0.1, -0.05) is 17.3 Å². The maximum Gasteiger partial charge on any atom is 0.331 e. The zero-order valence-electron chi connectivity index (χ0n) is 10.5. The van der Waals surface area contributed by atoms with Crippen LogP contribution in [0, 0.1) is 10.1 Å². The van der Waals surface area contributed by atoms with Crippen LogP contribution in [0.25, 0.3) is 11.3 Å². The summed E-state index contributed by atoms with van der Waals surface area (Å²) in [5, 5.41) is 14.1. The highest BCUT2D eigenvalue weighted by Crippen LogP contribution is 2.25. The van der Waals surface area contributed by atoms with Gasteiger partial charge in [-0.2, -0.15) is 0 Å². The van der Waals surface area contributed by atoms with Gasteiger partial charge in [0.25, 0.3) is 5.69 Å². The van der Waals surface area contributed by atoms with E-state index in [4.69, 9.17) is 4.42 Å². The summed E-state index contributed by atoms with van der Waals surface area (Å²) in [7, 11) is 0. The quantitative estimate of drug-likeness (QED) is 0.369. The molecule has 0 aliphatic rings. The molecule has 0 amide bonds. The van der Waals surface area contributed by atoms with Crippen molar-refractivity contribution in [2.75, 3.05) is 0 Å². The Hall–Kier alpha value is -2.96. The smallest absolute Gasteiger partial charge is 0.331 e. The van der Waals surface area contributed by atoms with E-state index in [0.717, 1.165) is 0 Å². The van der Waals surface area contributed by atoms with E-state index in [9.17, 15) is 14.9 Å². The Balaban J connectivity index is 2.20. The number of hydrogen-bond acceptors (Lipinski definition) is 6. The summed E-state index contributed by atoms with van der Waals surface area (Å²) in [6.07, 6.45) is 1.24. The number of rotatable bonds is 4. The molecular formula is C13H10N2O5. The summed E-state index contributed by atoms with van der Waals surface area (Å²) in [6, 6.07) is 9.33. The van der Waals surface area contributed by atoms with Crippen LogP contribution in [-0.2, 0) is 9.63 Å². The fraction of sp³-hybridized carbons (Fsp3) is 0.0769. The zero-order valence-corrected chi connectivity index (χ0v) is 10.5. The molecule has 0 saturated heterocycles. The molecule has 0 saturated carbocycles. The second-order valence-corrected chi connectivity index (χ2v) is 3.83. The molecule has 0 N–H and O–H groups in total. The third-order valence-corrected chi connectivity index (χ3v) is 2.33. The number of nitro benzene ring substituents is 1. The van der Waals surface area contributed by atoms with Crippen LogP contribution in [0.15, 0.2) is 46.0 Å². The first-order valence-electron chi connectivity index (χ1n) is 5.62. The van der Waals surface area contributed by atoms with Crippen molar-refractivity contribution >= 4 is 17.9 Å². The highest BCUT2D eigenvalue weighted by Gasteiger charge is 2.09. The molecule has 0 radical (unpaired) electrons. The van der Waals surface area contributed by atoms with Crippen molar-refractivity contribution < 1.29 is 19.0 Å². The summed E-state index contributed by atoms with van der Waals surface area (Å²) in [4.78, 5) is 25.1. The van der Waals surface area contributed by atoms with Crippen molar-refractivity contribution in [1.82, 2.24) is 0 Å². The van der Waals surface area contributed by atoms with Crippen LogP contribution in [-0.4, -0.2) is 17.1 Å². The number of furan rings is 1. The molecule has 102 valence electrons. The van der Waals surface area contributed by atoms with Gasteiger partial charge in [0.15, 0.2) is 0 Å². The second kappa shape index (κ2) is 5.79. The van der Waals surface area contributed by atoms with E-state index in [-0.39, 0.29) is 5.69 Å². The summed E-state index contributed by atoms with van der Waals surface area (Å²) < 4.78 is 5.42. The third-order valence-electron chi connectivity index (χ3n) is 2.33. The number of nitrogens with zero attached hydrogens (tertiary/aromatic N) is 2. The lowest BCUT2D eigenvalue weighted by molar-refractivity contribution is -0.384. The standard InChI is InChI=1S/C13H10N2O5/c1-9(16)20-14-8-12-5-6-13(19-12)10-3-2-4-11(7-10)15(17)18/h2-8H,1H3/b14-8-. The van der Waals surface area contributed by atoms with Crippen molar-refractivity contribution in [1.29, 1.82) is 0 Å². The number of nitro groups is 1. The predicted octanol–water partition coefficient (Wildman–Crippen LogP) is 2.75. The molecule has 0 fully saturated rings. The minimum absolute atomic E-state index is 0.0194. The van der Waals surface area contributed by atoms with Crippen LogP contribution in [0.3, 0.4) is 0 Å². The zero-order chi connectivity index (χ0) is 14.5. The van der Waals surface area contributed by atoms with E-state index < -0.39 is 10.9 Å². The number of carbonyl (C=O) groups excluding carboxylic acids is 1. The van der Waals surface area contributed by atoms with Crippen molar-refractivity contribution in [3.05, 3.63) is 52.3 Å². The van der Waals surface area contributed by atoms with Gasteiger partial charge in [0, 0.05) is 24.6 Å². The molecule has 0 aliphatic carbocycles. The SMILES string of the molecule is CC(=O)O/N=C\c1ccc(-c2cccc([N+](=O)[O-])c2)o1. The summed E-state index contributed by atoms with van der Waals surface area (Å²) in [5.74, 6) is 0.289. The Kier molecular flexibility index (Phi) is 3.90. The Morgan fingerprint density at radius 3 is 2.90 bits per heavy atom. The van der Waals surface area contributed by atoms with Gasteiger partial charge in [-0.25, -0.2) is 4.79 Å². The molecule has 0 unspecified atom stereocenters. The first-order valence-corrected chi connectivity index (χ1v) is 5.62. The first-order chi connectivity index (χ1) is 9.56. The Labute approximate surface area is 113 Å². The van der Waals surface area contributed by atoms with Gasteiger partial charge in [-0.05, 0) is 12.1 Å². The van der Waals surface area contributed by atoms with Crippen LogP contribution in [0.5, 0.6) is 0 Å². The lowest BCUT2D eigenvalue weighted by Gasteiger charge is -1.96. The van der Waals surface area contributed by atoms with Gasteiger partial charge >= 0.3 is 5.97 Å². The van der Waals surface area contributed by atoms with Gasteiger partial charge in [-0.15, -0.1) is 0 Å². The lowest BCUT2D eigenvalue weighted by atomic mass is 10.1. The fourth-order valence-electron chi connectivity index (χ4n) is 1.50. The van der Waals surface area contributed by atoms with Gasteiger partial charge < -0.3 is 9.25 Å². The van der Waals surface area contributed by atoms with E-state index in [1.807, 2.05) is 0 Å². The van der Waals surface area contributed by atoms with E-state index in [1.54, 1.807) is 24.3 Å². The monoisotopic (exact) mass is 274 g/mol. The number of hydrogen-bond donors (Lipinski definition) is 0. The summed E-state index contributed by atoms with van der Waals surface area (Å²) in [5.41, 5.74) is 0.556. The van der Waals surface area contributed by atoms with Gasteiger partial charge in [0.2, 0.25) is 0 Å². The second-order valence-electron chi connectivity index (χ2n) is 3.83. The summed E-state index contributed by atoms with van der Waals surface area (Å²) >= 11 is 0. The molecule has 2 rings (SSSR count). The Bertz CT molecular complexity index is 675. The van der Waals surface area contributed by atoms with Crippen LogP contribution in [0.2, 0.25) is 0 Å². The number of non-ortho nitro benzene ring substituents is 1. The molecule has 0 bridgehead atoms. The van der Waals surface area contributed by atoms with E-state index in [2.05, 4.69) is 9.99 Å². The van der Waals surface area contributed by atoms with Gasteiger partial charge in [0.05, 0.1) is 4.92 Å². The van der Waals surface area contributed by atoms with E-state index >= 15 is 0 Å². The Morgan fingerprint density at radius 2 is 2.20 bits per heavy atom. The topological polar surface area (TPSA) is 94.9 Å². The molecule has 1 aromatic heterocycles. The molecule has 7 heteroatoms. The molecular weight excluding hydrogens is 264 g/mol. The number of carbonyl (C=O) groups is 1. The maximum atomic E-state index is 10.7.